The lowest BCUT2D eigenvalue weighted by Crippen LogP contribution is -2.35. The summed E-state index contributed by atoms with van der Waals surface area (Å²) in [5.74, 6) is 0.143. The second-order valence-corrected chi connectivity index (χ2v) is 5.01. The summed E-state index contributed by atoms with van der Waals surface area (Å²) in [4.78, 5) is 12.9. The minimum atomic E-state index is -0.731. The monoisotopic (exact) mass is 279 g/mol. The Hall–Kier alpha value is -1.55. The standard InChI is InChI=1S/C16H25NO3/c1-4-17(12-11-16(18)19)13(2)5-6-14-7-9-15(20-3)10-8-14/h7-10,13H,4-6,11-12H2,1-3H3,(H,18,19). The molecule has 1 atom stereocenters. The van der Waals surface area contributed by atoms with Gasteiger partial charge in [0.1, 0.15) is 5.75 Å². The summed E-state index contributed by atoms with van der Waals surface area (Å²) in [6.45, 7) is 5.74. The molecule has 0 heterocycles. The Morgan fingerprint density at radius 3 is 2.50 bits per heavy atom. The van der Waals surface area contributed by atoms with Gasteiger partial charge in [0.15, 0.2) is 0 Å². The number of ether oxygens (including phenoxy) is 1. The van der Waals surface area contributed by atoms with Gasteiger partial charge in [0, 0.05) is 12.6 Å². The van der Waals surface area contributed by atoms with Crippen LogP contribution in [0.1, 0.15) is 32.3 Å². The SMILES string of the molecule is CCN(CCC(=O)O)C(C)CCc1ccc(OC)cc1. The number of rotatable bonds is 9. The van der Waals surface area contributed by atoms with Crippen LogP contribution in [0, 0.1) is 0 Å². The number of benzene rings is 1. The van der Waals surface area contributed by atoms with Gasteiger partial charge in [-0.15, -0.1) is 0 Å². The first-order chi connectivity index (χ1) is 9.56. The fourth-order valence-electron chi connectivity index (χ4n) is 2.28. The average Bonchev–Trinajstić information content (AvgIpc) is 2.46. The lowest BCUT2D eigenvalue weighted by molar-refractivity contribution is -0.137. The Morgan fingerprint density at radius 2 is 2.00 bits per heavy atom. The van der Waals surface area contributed by atoms with Gasteiger partial charge in [-0.05, 0) is 44.0 Å². The first-order valence-electron chi connectivity index (χ1n) is 7.15. The van der Waals surface area contributed by atoms with Gasteiger partial charge in [-0.25, -0.2) is 0 Å². The van der Waals surface area contributed by atoms with Crippen molar-refractivity contribution in [1.29, 1.82) is 0 Å². The third kappa shape index (κ3) is 5.61. The quantitative estimate of drug-likeness (QED) is 0.755. The lowest BCUT2D eigenvalue weighted by Gasteiger charge is -2.27. The van der Waals surface area contributed by atoms with E-state index in [1.165, 1.54) is 5.56 Å². The number of aryl methyl sites for hydroxylation is 1. The molecule has 0 amide bonds. The molecule has 1 aromatic carbocycles. The molecule has 1 N–H and O–H groups in total. The van der Waals surface area contributed by atoms with Gasteiger partial charge in [-0.1, -0.05) is 19.1 Å². The van der Waals surface area contributed by atoms with Gasteiger partial charge in [0.05, 0.1) is 13.5 Å². The molecule has 1 rings (SSSR count). The summed E-state index contributed by atoms with van der Waals surface area (Å²) in [6, 6.07) is 8.50. The molecule has 1 aromatic rings. The highest BCUT2D eigenvalue weighted by Crippen LogP contribution is 2.14. The van der Waals surface area contributed by atoms with Crippen LogP contribution in [0.5, 0.6) is 5.75 Å². The highest BCUT2D eigenvalue weighted by molar-refractivity contribution is 5.66. The molecule has 4 nitrogen and oxygen atoms in total. The minimum absolute atomic E-state index is 0.209. The van der Waals surface area contributed by atoms with Gasteiger partial charge in [-0.2, -0.15) is 0 Å². The van der Waals surface area contributed by atoms with Crippen molar-refractivity contribution in [2.75, 3.05) is 20.2 Å². The third-order valence-electron chi connectivity index (χ3n) is 3.65. The lowest BCUT2D eigenvalue weighted by atomic mass is 10.0. The van der Waals surface area contributed by atoms with E-state index in [0.29, 0.717) is 12.6 Å². The summed E-state index contributed by atoms with van der Waals surface area (Å²) in [6.07, 6.45) is 2.23. The molecule has 1 unspecified atom stereocenters. The first-order valence-corrected chi connectivity index (χ1v) is 7.15. The van der Waals surface area contributed by atoms with Crippen molar-refractivity contribution in [3.8, 4) is 5.75 Å². The van der Waals surface area contributed by atoms with Crippen molar-refractivity contribution in [2.24, 2.45) is 0 Å². The Labute approximate surface area is 121 Å². The average molecular weight is 279 g/mol. The molecule has 0 aliphatic heterocycles. The number of hydrogen-bond acceptors (Lipinski definition) is 3. The highest BCUT2D eigenvalue weighted by atomic mass is 16.5. The van der Waals surface area contributed by atoms with Crippen molar-refractivity contribution < 1.29 is 14.6 Å². The summed E-state index contributed by atoms with van der Waals surface area (Å²) >= 11 is 0. The van der Waals surface area contributed by atoms with Crippen LogP contribution >= 0.6 is 0 Å². The molecule has 4 heteroatoms. The highest BCUT2D eigenvalue weighted by Gasteiger charge is 2.13. The number of methoxy groups -OCH3 is 1. The smallest absolute Gasteiger partial charge is 0.304 e. The molecule has 20 heavy (non-hydrogen) atoms. The van der Waals surface area contributed by atoms with Crippen molar-refractivity contribution in [1.82, 2.24) is 4.90 Å². The summed E-state index contributed by atoms with van der Waals surface area (Å²) < 4.78 is 5.14. The van der Waals surface area contributed by atoms with Crippen LogP contribution in [0.25, 0.3) is 0 Å². The summed E-state index contributed by atoms with van der Waals surface area (Å²) in [5, 5.41) is 8.76. The zero-order valence-electron chi connectivity index (χ0n) is 12.6. The number of nitrogens with zero attached hydrogens (tertiary/aromatic N) is 1. The molecule has 0 spiro atoms. The fraction of sp³-hybridized carbons (Fsp3) is 0.562. The molecule has 0 fully saturated rings. The Balaban J connectivity index is 2.43. The van der Waals surface area contributed by atoms with Crippen LogP contribution in [0.2, 0.25) is 0 Å². The van der Waals surface area contributed by atoms with Crippen LogP contribution in [-0.2, 0) is 11.2 Å². The van der Waals surface area contributed by atoms with E-state index in [2.05, 4.69) is 30.9 Å². The fourth-order valence-corrected chi connectivity index (χ4v) is 2.28. The predicted octanol–water partition coefficient (Wildman–Crippen LogP) is 2.81. The topological polar surface area (TPSA) is 49.8 Å². The molecule has 112 valence electrons. The minimum Gasteiger partial charge on any atom is -0.497 e. The van der Waals surface area contributed by atoms with Crippen molar-refractivity contribution >= 4 is 5.97 Å². The van der Waals surface area contributed by atoms with E-state index >= 15 is 0 Å². The molecule has 0 aromatic heterocycles. The van der Waals surface area contributed by atoms with Crippen molar-refractivity contribution in [3.63, 3.8) is 0 Å². The van der Waals surface area contributed by atoms with Crippen LogP contribution in [0.3, 0.4) is 0 Å². The number of carbonyl (C=O) groups is 1. The van der Waals surface area contributed by atoms with E-state index in [4.69, 9.17) is 9.84 Å². The van der Waals surface area contributed by atoms with Gasteiger partial charge < -0.3 is 14.7 Å². The van der Waals surface area contributed by atoms with E-state index in [1.807, 2.05) is 12.1 Å². The van der Waals surface area contributed by atoms with Crippen LogP contribution in [0.15, 0.2) is 24.3 Å². The van der Waals surface area contributed by atoms with Gasteiger partial charge in [0.25, 0.3) is 0 Å². The van der Waals surface area contributed by atoms with Crippen molar-refractivity contribution in [3.05, 3.63) is 29.8 Å². The maximum absolute atomic E-state index is 10.6. The van der Waals surface area contributed by atoms with Crippen LogP contribution in [0.4, 0.5) is 0 Å². The molecule has 0 bridgehead atoms. The van der Waals surface area contributed by atoms with E-state index < -0.39 is 5.97 Å². The molecular weight excluding hydrogens is 254 g/mol. The van der Waals surface area contributed by atoms with Crippen LogP contribution < -0.4 is 4.74 Å². The van der Waals surface area contributed by atoms with Gasteiger partial charge in [0.2, 0.25) is 0 Å². The largest absolute Gasteiger partial charge is 0.497 e. The van der Waals surface area contributed by atoms with Crippen LogP contribution in [-0.4, -0.2) is 42.2 Å². The Morgan fingerprint density at radius 1 is 1.35 bits per heavy atom. The third-order valence-corrected chi connectivity index (χ3v) is 3.65. The van der Waals surface area contributed by atoms with E-state index in [-0.39, 0.29) is 6.42 Å². The molecule has 0 aliphatic carbocycles. The first kappa shape index (κ1) is 16.5. The van der Waals surface area contributed by atoms with Gasteiger partial charge >= 0.3 is 5.97 Å². The number of carboxylic acids is 1. The second kappa shape index (κ2) is 8.59. The Bertz CT molecular complexity index is 403. The summed E-state index contributed by atoms with van der Waals surface area (Å²) in [7, 11) is 1.67. The zero-order chi connectivity index (χ0) is 15.0. The van der Waals surface area contributed by atoms with E-state index in [1.54, 1.807) is 7.11 Å². The predicted molar refractivity (Wildman–Crippen MR) is 80.3 cm³/mol. The molecule has 0 saturated heterocycles. The second-order valence-electron chi connectivity index (χ2n) is 5.01. The summed E-state index contributed by atoms with van der Waals surface area (Å²) in [5.41, 5.74) is 1.28. The zero-order valence-corrected chi connectivity index (χ0v) is 12.6. The van der Waals surface area contributed by atoms with E-state index in [0.717, 1.165) is 25.1 Å². The molecular formula is C16H25NO3. The molecule has 0 aliphatic rings. The maximum atomic E-state index is 10.6. The molecule has 0 saturated carbocycles. The molecule has 0 radical (unpaired) electrons. The maximum Gasteiger partial charge on any atom is 0.304 e. The number of hydrogen-bond donors (Lipinski definition) is 1. The Kier molecular flexibility index (Phi) is 7.09. The number of aliphatic carboxylic acids is 1. The number of carboxylic acid groups (broad SMARTS) is 1. The normalized spacial score (nSPS) is 12.4. The van der Waals surface area contributed by atoms with Gasteiger partial charge in [-0.3, -0.25) is 4.79 Å². The van der Waals surface area contributed by atoms with E-state index in [9.17, 15) is 4.79 Å². The van der Waals surface area contributed by atoms with Crippen molar-refractivity contribution in [2.45, 2.75) is 39.2 Å².